The van der Waals surface area contributed by atoms with Gasteiger partial charge in [0.15, 0.2) is 6.10 Å². The second-order valence-electron chi connectivity index (χ2n) is 6.42. The number of ether oxygens (including phenoxy) is 3. The van der Waals surface area contributed by atoms with E-state index >= 15 is 0 Å². The van der Waals surface area contributed by atoms with Crippen LogP contribution in [0, 0.1) is 0 Å². The van der Waals surface area contributed by atoms with Crippen molar-refractivity contribution in [2.75, 3.05) is 33.0 Å². The maximum Gasteiger partial charge on any atom is 0.339 e. The monoisotopic (exact) mass is 378 g/mol. The average molecular weight is 379 g/mol. The van der Waals surface area contributed by atoms with Crippen LogP contribution in [-0.2, 0) is 19.0 Å². The standard InChI is InChI=1S/C19H38O7/c1-2-3-4-5-6-7-8-9-10-11-13-25-18(16-24-14-12-20)26-19(23)17(22)15-21/h17-18,20-22H,2-16H2,1H3. The van der Waals surface area contributed by atoms with Gasteiger partial charge >= 0.3 is 5.97 Å². The topological polar surface area (TPSA) is 105 Å². The number of aliphatic hydroxyl groups is 3. The van der Waals surface area contributed by atoms with Gasteiger partial charge in [-0.3, -0.25) is 0 Å². The van der Waals surface area contributed by atoms with E-state index in [-0.39, 0.29) is 19.8 Å². The summed E-state index contributed by atoms with van der Waals surface area (Å²) in [5.41, 5.74) is 0. The SMILES string of the molecule is CCCCCCCCCCCCOC(COCCO)OC(=O)C(O)CO. The third-order valence-electron chi connectivity index (χ3n) is 3.98. The van der Waals surface area contributed by atoms with Crippen LogP contribution in [0.2, 0.25) is 0 Å². The fraction of sp³-hybridized carbons (Fsp3) is 0.947. The number of aliphatic hydroxyl groups excluding tert-OH is 3. The van der Waals surface area contributed by atoms with Crippen molar-refractivity contribution in [1.82, 2.24) is 0 Å². The lowest BCUT2D eigenvalue weighted by Crippen LogP contribution is -2.34. The molecule has 0 aromatic carbocycles. The molecule has 0 radical (unpaired) electrons. The molecule has 156 valence electrons. The zero-order valence-corrected chi connectivity index (χ0v) is 16.2. The summed E-state index contributed by atoms with van der Waals surface area (Å²) < 4.78 is 15.6. The van der Waals surface area contributed by atoms with Gasteiger partial charge in [0.1, 0.15) is 6.61 Å². The highest BCUT2D eigenvalue weighted by atomic mass is 16.7. The quantitative estimate of drug-likeness (QED) is 0.180. The van der Waals surface area contributed by atoms with Crippen molar-refractivity contribution in [2.45, 2.75) is 83.5 Å². The van der Waals surface area contributed by atoms with E-state index in [0.717, 1.165) is 19.3 Å². The number of rotatable bonds is 19. The lowest BCUT2D eigenvalue weighted by Gasteiger charge is -2.19. The molecule has 0 aliphatic carbocycles. The molecule has 0 rings (SSSR count). The molecule has 7 heteroatoms. The number of carbonyl (C=O) groups excluding carboxylic acids is 1. The average Bonchev–Trinajstić information content (AvgIpc) is 2.65. The number of unbranched alkanes of at least 4 members (excludes halogenated alkanes) is 9. The summed E-state index contributed by atoms with van der Waals surface area (Å²) in [6.45, 7) is 1.88. The molecule has 0 bridgehead atoms. The predicted molar refractivity (Wildman–Crippen MR) is 98.7 cm³/mol. The van der Waals surface area contributed by atoms with Gasteiger partial charge in [0.2, 0.25) is 6.29 Å². The van der Waals surface area contributed by atoms with E-state index in [0.29, 0.717) is 6.61 Å². The van der Waals surface area contributed by atoms with Crippen LogP contribution in [0.4, 0.5) is 0 Å². The molecule has 0 heterocycles. The maximum atomic E-state index is 11.5. The molecule has 7 nitrogen and oxygen atoms in total. The van der Waals surface area contributed by atoms with E-state index in [2.05, 4.69) is 6.92 Å². The van der Waals surface area contributed by atoms with E-state index in [9.17, 15) is 9.90 Å². The van der Waals surface area contributed by atoms with Crippen LogP contribution in [0.15, 0.2) is 0 Å². The van der Waals surface area contributed by atoms with Crippen LogP contribution in [0.1, 0.15) is 71.1 Å². The first-order chi connectivity index (χ1) is 12.7. The molecule has 0 aromatic heterocycles. The molecule has 0 aliphatic heterocycles. The fourth-order valence-corrected chi connectivity index (χ4v) is 2.45. The van der Waals surface area contributed by atoms with Crippen molar-refractivity contribution in [3.05, 3.63) is 0 Å². The number of esters is 1. The molecule has 0 fully saturated rings. The highest BCUT2D eigenvalue weighted by Gasteiger charge is 2.21. The van der Waals surface area contributed by atoms with Gasteiger partial charge in [0, 0.05) is 0 Å². The highest BCUT2D eigenvalue weighted by Crippen LogP contribution is 2.11. The molecule has 0 amide bonds. The van der Waals surface area contributed by atoms with Crippen LogP contribution in [0.25, 0.3) is 0 Å². The van der Waals surface area contributed by atoms with Gasteiger partial charge in [0.25, 0.3) is 0 Å². The van der Waals surface area contributed by atoms with E-state index in [1.807, 2.05) is 0 Å². The summed E-state index contributed by atoms with van der Waals surface area (Å²) in [6.07, 6.45) is 9.62. The Kier molecular flexibility index (Phi) is 18.5. The first kappa shape index (κ1) is 25.3. The second kappa shape index (κ2) is 19.0. The minimum atomic E-state index is -1.59. The smallest absolute Gasteiger partial charge is 0.339 e. The van der Waals surface area contributed by atoms with Crippen molar-refractivity contribution >= 4 is 5.97 Å². The van der Waals surface area contributed by atoms with E-state index < -0.39 is 25.0 Å². The van der Waals surface area contributed by atoms with E-state index in [1.54, 1.807) is 0 Å². The first-order valence-corrected chi connectivity index (χ1v) is 9.95. The number of hydrogen-bond acceptors (Lipinski definition) is 7. The van der Waals surface area contributed by atoms with Crippen molar-refractivity contribution in [3.63, 3.8) is 0 Å². The number of carbonyl (C=O) groups is 1. The Balaban J connectivity index is 3.76. The van der Waals surface area contributed by atoms with Crippen LogP contribution in [0.3, 0.4) is 0 Å². The molecule has 3 N–H and O–H groups in total. The Bertz CT molecular complexity index is 312. The fourth-order valence-electron chi connectivity index (χ4n) is 2.45. The molecular formula is C19H38O7. The summed E-state index contributed by atoms with van der Waals surface area (Å²) in [7, 11) is 0. The van der Waals surface area contributed by atoms with Crippen molar-refractivity contribution in [1.29, 1.82) is 0 Å². The molecule has 2 unspecified atom stereocenters. The molecule has 0 saturated carbocycles. The van der Waals surface area contributed by atoms with Gasteiger partial charge in [-0.05, 0) is 6.42 Å². The summed E-state index contributed by atoms with van der Waals surface area (Å²) in [5, 5.41) is 26.7. The third kappa shape index (κ3) is 15.5. The highest BCUT2D eigenvalue weighted by molar-refractivity contribution is 5.74. The minimum absolute atomic E-state index is 0.0256. The van der Waals surface area contributed by atoms with Crippen LogP contribution in [-0.4, -0.2) is 66.7 Å². The molecule has 0 spiro atoms. The summed E-state index contributed by atoms with van der Waals surface area (Å²) in [6, 6.07) is 0. The Labute approximate surface area is 157 Å². The predicted octanol–water partition coefficient (Wildman–Crippen LogP) is 2.16. The van der Waals surface area contributed by atoms with Crippen molar-refractivity contribution < 1.29 is 34.3 Å². The van der Waals surface area contributed by atoms with Gasteiger partial charge in [-0.2, -0.15) is 0 Å². The molecule has 26 heavy (non-hydrogen) atoms. The summed E-state index contributed by atoms with van der Waals surface area (Å²) >= 11 is 0. The molecule has 0 aromatic rings. The minimum Gasteiger partial charge on any atom is -0.431 e. The van der Waals surface area contributed by atoms with Gasteiger partial charge in [0.05, 0.1) is 26.4 Å². The molecular weight excluding hydrogens is 340 g/mol. The second-order valence-corrected chi connectivity index (χ2v) is 6.42. The lowest BCUT2D eigenvalue weighted by atomic mass is 10.1. The Hall–Kier alpha value is -0.730. The lowest BCUT2D eigenvalue weighted by molar-refractivity contribution is -0.200. The Morgan fingerprint density at radius 2 is 1.46 bits per heavy atom. The van der Waals surface area contributed by atoms with Crippen molar-refractivity contribution in [2.24, 2.45) is 0 Å². The molecule has 0 aliphatic rings. The van der Waals surface area contributed by atoms with Crippen LogP contribution >= 0.6 is 0 Å². The third-order valence-corrected chi connectivity index (χ3v) is 3.98. The maximum absolute atomic E-state index is 11.5. The van der Waals surface area contributed by atoms with Gasteiger partial charge < -0.3 is 29.5 Å². The van der Waals surface area contributed by atoms with Gasteiger partial charge in [-0.15, -0.1) is 0 Å². The van der Waals surface area contributed by atoms with Crippen LogP contribution in [0.5, 0.6) is 0 Å². The van der Waals surface area contributed by atoms with Crippen molar-refractivity contribution in [3.8, 4) is 0 Å². The normalized spacial score (nSPS) is 13.5. The Morgan fingerprint density at radius 3 is 2.00 bits per heavy atom. The molecule has 0 saturated heterocycles. The van der Waals surface area contributed by atoms with Crippen LogP contribution < -0.4 is 0 Å². The van der Waals surface area contributed by atoms with E-state index in [1.165, 1.54) is 44.9 Å². The first-order valence-electron chi connectivity index (χ1n) is 9.95. The van der Waals surface area contributed by atoms with Gasteiger partial charge in [-0.1, -0.05) is 64.7 Å². The largest absolute Gasteiger partial charge is 0.431 e. The zero-order valence-electron chi connectivity index (χ0n) is 16.2. The zero-order chi connectivity index (χ0) is 19.5. The number of hydrogen-bond donors (Lipinski definition) is 3. The Morgan fingerprint density at radius 1 is 0.885 bits per heavy atom. The van der Waals surface area contributed by atoms with E-state index in [4.69, 9.17) is 24.4 Å². The summed E-state index contributed by atoms with van der Waals surface area (Å²) in [4.78, 5) is 11.5. The van der Waals surface area contributed by atoms with Gasteiger partial charge in [-0.25, -0.2) is 4.79 Å². The molecule has 2 atom stereocenters. The summed E-state index contributed by atoms with van der Waals surface area (Å²) in [5.74, 6) is -0.951.